The summed E-state index contributed by atoms with van der Waals surface area (Å²) in [4.78, 5) is 30.9. The Hall–Kier alpha value is -1.27. The number of piperidine rings is 1. The zero-order valence-electron chi connectivity index (χ0n) is 13.3. The summed E-state index contributed by atoms with van der Waals surface area (Å²) in [6, 6.07) is 3.77. The average Bonchev–Trinajstić information content (AvgIpc) is 2.99. The predicted octanol–water partition coefficient (Wildman–Crippen LogP) is 1.56. The quantitative estimate of drug-likeness (QED) is 0.892. The van der Waals surface area contributed by atoms with E-state index < -0.39 is 0 Å². The Morgan fingerprint density at radius 3 is 2.78 bits per heavy atom. The van der Waals surface area contributed by atoms with E-state index in [4.69, 9.17) is 0 Å². The second-order valence-corrected chi connectivity index (χ2v) is 8.54. The molecule has 0 bridgehead atoms. The van der Waals surface area contributed by atoms with E-state index in [0.717, 1.165) is 13.1 Å². The van der Waals surface area contributed by atoms with Crippen molar-refractivity contribution in [1.29, 1.82) is 0 Å². The van der Waals surface area contributed by atoms with Crippen molar-refractivity contribution in [3.05, 3.63) is 34.2 Å². The largest absolute Gasteiger partial charge is 0.336 e. The highest BCUT2D eigenvalue weighted by Crippen LogP contribution is 2.47. The lowest BCUT2D eigenvalue weighted by Crippen LogP contribution is -2.61. The number of aromatic nitrogens is 1. The molecule has 3 aliphatic heterocycles. The van der Waals surface area contributed by atoms with Crippen LogP contribution in [0.25, 0.3) is 0 Å². The first kappa shape index (κ1) is 15.3. The monoisotopic (exact) mass is 333 g/mol. The van der Waals surface area contributed by atoms with E-state index in [2.05, 4.69) is 9.88 Å². The molecule has 1 unspecified atom stereocenters. The van der Waals surface area contributed by atoms with Gasteiger partial charge in [0.05, 0.1) is 4.75 Å². The number of nitrogens with one attached hydrogen (secondary N) is 1. The van der Waals surface area contributed by atoms with Gasteiger partial charge in [0.25, 0.3) is 5.91 Å². The molecule has 1 atom stereocenters. The number of hydrogen-bond acceptors (Lipinski definition) is 4. The van der Waals surface area contributed by atoms with Crippen LogP contribution in [0.15, 0.2) is 23.1 Å². The lowest BCUT2D eigenvalue weighted by Gasteiger charge is -2.48. The summed E-state index contributed by atoms with van der Waals surface area (Å²) in [5.41, 5.74) is 0.283. The summed E-state index contributed by atoms with van der Waals surface area (Å²) in [6.45, 7) is 4.15. The van der Waals surface area contributed by atoms with Crippen LogP contribution in [0.1, 0.15) is 36.0 Å². The molecular weight excluding hydrogens is 310 g/mol. The minimum absolute atomic E-state index is 0.0104. The van der Waals surface area contributed by atoms with Gasteiger partial charge in [-0.2, -0.15) is 0 Å². The van der Waals surface area contributed by atoms with Crippen molar-refractivity contribution in [2.45, 2.75) is 36.5 Å². The first-order valence-corrected chi connectivity index (χ1v) is 9.50. The van der Waals surface area contributed by atoms with Gasteiger partial charge in [-0.3, -0.25) is 14.5 Å². The van der Waals surface area contributed by atoms with Gasteiger partial charge in [-0.1, -0.05) is 6.42 Å². The normalized spacial score (nSPS) is 27.1. The maximum absolute atomic E-state index is 12.5. The van der Waals surface area contributed by atoms with Gasteiger partial charge in [0.1, 0.15) is 0 Å². The number of H-pyrrole nitrogens is 1. The standard InChI is InChI=1S/C17H23N3O2S/c21-15-8-13(4-5-18-15)16(22)20-11-17(12-20)9-14(10-23-17)19-6-2-1-3-7-19/h4-5,8,14H,1-3,6-7,9-12H2,(H,18,21). The van der Waals surface area contributed by atoms with Crippen molar-refractivity contribution in [3.63, 3.8) is 0 Å². The topological polar surface area (TPSA) is 56.4 Å². The minimum Gasteiger partial charge on any atom is -0.336 e. The molecule has 0 saturated carbocycles. The van der Waals surface area contributed by atoms with Crippen LogP contribution in [-0.2, 0) is 0 Å². The van der Waals surface area contributed by atoms with Crippen LogP contribution in [0.4, 0.5) is 0 Å². The van der Waals surface area contributed by atoms with Crippen molar-refractivity contribution in [2.24, 2.45) is 0 Å². The molecule has 23 heavy (non-hydrogen) atoms. The fourth-order valence-corrected chi connectivity index (χ4v) is 5.79. The summed E-state index contributed by atoms with van der Waals surface area (Å²) in [5.74, 6) is 1.19. The van der Waals surface area contributed by atoms with Gasteiger partial charge in [0.2, 0.25) is 5.56 Å². The number of likely N-dealkylation sites (tertiary alicyclic amines) is 2. The Kier molecular flexibility index (Phi) is 3.97. The molecule has 4 heterocycles. The second-order valence-electron chi connectivity index (χ2n) is 7.05. The fraction of sp³-hybridized carbons (Fsp3) is 0.647. The molecule has 3 fully saturated rings. The maximum Gasteiger partial charge on any atom is 0.254 e. The highest BCUT2D eigenvalue weighted by Gasteiger charge is 2.51. The Labute approximate surface area is 140 Å². The van der Waals surface area contributed by atoms with Gasteiger partial charge >= 0.3 is 0 Å². The van der Waals surface area contributed by atoms with Crippen LogP contribution in [0.2, 0.25) is 0 Å². The number of aromatic amines is 1. The van der Waals surface area contributed by atoms with E-state index in [-0.39, 0.29) is 16.2 Å². The third-order valence-corrected chi connectivity index (χ3v) is 6.95. The first-order valence-electron chi connectivity index (χ1n) is 8.51. The molecule has 5 nitrogen and oxygen atoms in total. The van der Waals surface area contributed by atoms with E-state index in [1.54, 1.807) is 12.3 Å². The summed E-state index contributed by atoms with van der Waals surface area (Å²) >= 11 is 2.05. The molecular formula is C17H23N3O2S. The zero-order valence-corrected chi connectivity index (χ0v) is 14.1. The summed E-state index contributed by atoms with van der Waals surface area (Å²) in [7, 11) is 0. The Balaban J connectivity index is 1.36. The first-order chi connectivity index (χ1) is 11.2. The second kappa shape index (κ2) is 5.98. The van der Waals surface area contributed by atoms with E-state index >= 15 is 0 Å². The Morgan fingerprint density at radius 1 is 1.26 bits per heavy atom. The van der Waals surface area contributed by atoms with Gasteiger partial charge in [-0.05, 0) is 38.4 Å². The summed E-state index contributed by atoms with van der Waals surface area (Å²) in [5, 5.41) is 0. The lowest BCUT2D eigenvalue weighted by molar-refractivity contribution is 0.0518. The molecule has 3 aliphatic rings. The fourth-order valence-electron chi connectivity index (χ4n) is 4.11. The number of carbonyl (C=O) groups excluding carboxylic acids is 1. The summed E-state index contributed by atoms with van der Waals surface area (Å²) < 4.78 is 0.263. The third kappa shape index (κ3) is 2.94. The number of carbonyl (C=O) groups is 1. The number of nitrogens with zero attached hydrogens (tertiary/aromatic N) is 2. The molecule has 1 aromatic heterocycles. The van der Waals surface area contributed by atoms with Crippen LogP contribution in [0.3, 0.4) is 0 Å². The smallest absolute Gasteiger partial charge is 0.254 e. The molecule has 124 valence electrons. The molecule has 3 saturated heterocycles. The van der Waals surface area contributed by atoms with Crippen molar-refractivity contribution >= 4 is 17.7 Å². The third-order valence-electron chi connectivity index (χ3n) is 5.36. The van der Waals surface area contributed by atoms with Gasteiger partial charge in [-0.25, -0.2) is 0 Å². The van der Waals surface area contributed by atoms with Gasteiger partial charge < -0.3 is 9.88 Å². The molecule has 0 aliphatic carbocycles. The average molecular weight is 333 g/mol. The van der Waals surface area contributed by atoms with Crippen LogP contribution in [-0.4, -0.2) is 63.4 Å². The number of pyridine rings is 1. The van der Waals surface area contributed by atoms with E-state index in [1.165, 1.54) is 50.6 Å². The van der Waals surface area contributed by atoms with Crippen LogP contribution in [0.5, 0.6) is 0 Å². The number of thioether (sulfide) groups is 1. The van der Waals surface area contributed by atoms with E-state index in [0.29, 0.717) is 11.6 Å². The van der Waals surface area contributed by atoms with Crippen LogP contribution in [0, 0.1) is 0 Å². The molecule has 0 aromatic carbocycles. The molecule has 4 rings (SSSR count). The Morgan fingerprint density at radius 2 is 2.04 bits per heavy atom. The zero-order chi connectivity index (χ0) is 15.9. The van der Waals surface area contributed by atoms with Crippen molar-refractivity contribution < 1.29 is 4.79 Å². The molecule has 1 N–H and O–H groups in total. The Bertz CT molecular complexity index is 647. The molecule has 1 amide bonds. The number of amides is 1. The van der Waals surface area contributed by atoms with Gasteiger partial charge in [0.15, 0.2) is 0 Å². The van der Waals surface area contributed by atoms with Gasteiger partial charge in [-0.15, -0.1) is 11.8 Å². The van der Waals surface area contributed by atoms with Crippen molar-refractivity contribution in [2.75, 3.05) is 31.9 Å². The number of rotatable bonds is 2. The predicted molar refractivity (Wildman–Crippen MR) is 92.0 cm³/mol. The van der Waals surface area contributed by atoms with E-state index in [9.17, 15) is 9.59 Å². The SMILES string of the molecule is O=C(c1cc[nH]c(=O)c1)N1CC2(CC(N3CCCCC3)CS2)C1. The number of hydrogen-bond donors (Lipinski definition) is 1. The van der Waals surface area contributed by atoms with Crippen molar-refractivity contribution in [1.82, 2.24) is 14.8 Å². The van der Waals surface area contributed by atoms with Gasteiger partial charge in [0, 0.05) is 42.7 Å². The molecule has 1 spiro atoms. The summed E-state index contributed by atoms with van der Waals surface area (Å²) in [6.07, 6.45) is 6.79. The maximum atomic E-state index is 12.5. The molecule has 6 heteroatoms. The van der Waals surface area contributed by atoms with Crippen molar-refractivity contribution in [3.8, 4) is 0 Å². The molecule has 1 aromatic rings. The molecule has 0 radical (unpaired) electrons. The minimum atomic E-state index is -0.216. The highest BCUT2D eigenvalue weighted by atomic mass is 32.2. The van der Waals surface area contributed by atoms with Crippen LogP contribution >= 0.6 is 11.8 Å². The lowest BCUT2D eigenvalue weighted by atomic mass is 9.90. The van der Waals surface area contributed by atoms with Crippen LogP contribution < -0.4 is 5.56 Å². The van der Waals surface area contributed by atoms with E-state index in [1.807, 2.05) is 16.7 Å². The highest BCUT2D eigenvalue weighted by molar-refractivity contribution is 8.01.